The van der Waals surface area contributed by atoms with E-state index in [2.05, 4.69) is 13.0 Å². The molecule has 2 N–H and O–H groups in total. The maximum atomic E-state index is 5.52. The van der Waals surface area contributed by atoms with E-state index in [-0.39, 0.29) is 5.60 Å². The number of unbranched alkanes of at least 4 members (excludes halogenated alkanes) is 1. The Morgan fingerprint density at radius 3 is 2.55 bits per heavy atom. The molecule has 0 rings (SSSR count). The summed E-state index contributed by atoms with van der Waals surface area (Å²) in [6.07, 6.45) is 6.42. The van der Waals surface area contributed by atoms with Crippen molar-refractivity contribution in [3.63, 3.8) is 0 Å². The first kappa shape index (κ1) is 10.7. The quantitative estimate of drug-likeness (QED) is 0.616. The molecule has 2 nitrogen and oxygen atoms in total. The maximum absolute atomic E-state index is 5.52. The van der Waals surface area contributed by atoms with Crippen LogP contribution in [-0.4, -0.2) is 19.3 Å². The Morgan fingerprint density at radius 2 is 2.18 bits per heavy atom. The van der Waals surface area contributed by atoms with Crippen LogP contribution in [0.3, 0.4) is 0 Å². The van der Waals surface area contributed by atoms with Crippen molar-refractivity contribution in [1.82, 2.24) is 0 Å². The molecule has 1 unspecified atom stereocenters. The summed E-state index contributed by atoms with van der Waals surface area (Å²) in [5, 5.41) is 0. The summed E-state index contributed by atoms with van der Waals surface area (Å²) in [5.41, 5.74) is 5.25. The summed E-state index contributed by atoms with van der Waals surface area (Å²) in [4.78, 5) is 0. The minimum absolute atomic E-state index is 0.269. The largest absolute Gasteiger partial charge is 0.373 e. The number of rotatable bonds is 5. The van der Waals surface area contributed by atoms with Gasteiger partial charge in [-0.1, -0.05) is 25.5 Å². The van der Waals surface area contributed by atoms with Crippen molar-refractivity contribution < 1.29 is 4.74 Å². The summed E-state index contributed by atoms with van der Waals surface area (Å²) in [7, 11) is 1.68. The highest BCUT2D eigenvalue weighted by atomic mass is 16.5. The van der Waals surface area contributed by atoms with Crippen LogP contribution in [0.2, 0.25) is 0 Å². The lowest BCUT2D eigenvalue weighted by Gasteiger charge is -2.21. The summed E-state index contributed by atoms with van der Waals surface area (Å²) < 4.78 is 5.22. The molecule has 0 bridgehead atoms. The molecule has 1 atom stereocenters. The molecule has 0 aromatic rings. The molecule has 0 saturated carbocycles. The molecule has 11 heavy (non-hydrogen) atoms. The highest BCUT2D eigenvalue weighted by Crippen LogP contribution is 2.09. The Morgan fingerprint density at radius 1 is 1.55 bits per heavy atom. The van der Waals surface area contributed by atoms with E-state index in [9.17, 15) is 0 Å². The zero-order valence-electron chi connectivity index (χ0n) is 7.76. The van der Waals surface area contributed by atoms with Crippen LogP contribution in [0.15, 0.2) is 12.2 Å². The highest BCUT2D eigenvalue weighted by Gasteiger charge is 2.15. The van der Waals surface area contributed by atoms with Crippen LogP contribution < -0.4 is 5.73 Å². The number of allylic oxidation sites excluding steroid dienone is 1. The zero-order valence-corrected chi connectivity index (χ0v) is 7.76. The smallest absolute Gasteiger partial charge is 0.0952 e. The van der Waals surface area contributed by atoms with Gasteiger partial charge in [0.05, 0.1) is 5.60 Å². The van der Waals surface area contributed by atoms with E-state index in [0.29, 0.717) is 6.54 Å². The summed E-state index contributed by atoms with van der Waals surface area (Å²) in [5.74, 6) is 0. The first-order valence-corrected chi connectivity index (χ1v) is 4.11. The Hall–Kier alpha value is -0.340. The third kappa shape index (κ3) is 4.17. The molecular formula is C9H19NO. The molecule has 0 heterocycles. The van der Waals surface area contributed by atoms with Gasteiger partial charge < -0.3 is 10.5 Å². The second kappa shape index (κ2) is 5.33. The van der Waals surface area contributed by atoms with Crippen molar-refractivity contribution in [3.05, 3.63) is 12.2 Å². The average Bonchev–Trinajstić information content (AvgIpc) is 2.05. The molecule has 0 aliphatic carbocycles. The Labute approximate surface area is 69.4 Å². The van der Waals surface area contributed by atoms with E-state index in [1.165, 1.54) is 6.42 Å². The van der Waals surface area contributed by atoms with Gasteiger partial charge >= 0.3 is 0 Å². The lowest BCUT2D eigenvalue weighted by Crippen LogP contribution is -2.34. The SMILES string of the molecule is CCC/C=C/C(C)(CN)OC. The van der Waals surface area contributed by atoms with Crippen molar-refractivity contribution in [2.75, 3.05) is 13.7 Å². The van der Waals surface area contributed by atoms with Gasteiger partial charge in [0.2, 0.25) is 0 Å². The van der Waals surface area contributed by atoms with Crippen LogP contribution in [-0.2, 0) is 4.74 Å². The predicted molar refractivity (Wildman–Crippen MR) is 48.5 cm³/mol. The van der Waals surface area contributed by atoms with Gasteiger partial charge in [0, 0.05) is 13.7 Å². The summed E-state index contributed by atoms with van der Waals surface area (Å²) >= 11 is 0. The molecule has 0 fully saturated rings. The average molecular weight is 157 g/mol. The Bertz CT molecular complexity index is 117. The van der Waals surface area contributed by atoms with Gasteiger partial charge in [0.25, 0.3) is 0 Å². The standard InChI is InChI=1S/C9H19NO/c1-4-5-6-7-9(2,8-10)11-3/h6-7H,4-5,8,10H2,1-3H3/b7-6+. The normalized spacial score (nSPS) is 17.1. The zero-order chi connectivity index (χ0) is 8.74. The van der Waals surface area contributed by atoms with Gasteiger partial charge in [-0.3, -0.25) is 0 Å². The topological polar surface area (TPSA) is 35.2 Å². The molecule has 0 aromatic heterocycles. The second-order valence-corrected chi connectivity index (χ2v) is 2.91. The van der Waals surface area contributed by atoms with Crippen molar-refractivity contribution in [2.24, 2.45) is 5.73 Å². The number of nitrogens with two attached hydrogens (primary N) is 1. The highest BCUT2D eigenvalue weighted by molar-refractivity contribution is 4.99. The van der Waals surface area contributed by atoms with E-state index >= 15 is 0 Å². The number of hydrogen-bond acceptors (Lipinski definition) is 2. The lowest BCUT2D eigenvalue weighted by molar-refractivity contribution is 0.0563. The molecule has 0 spiro atoms. The van der Waals surface area contributed by atoms with E-state index in [4.69, 9.17) is 10.5 Å². The molecule has 2 heteroatoms. The summed E-state index contributed by atoms with van der Waals surface area (Å²) in [6.45, 7) is 4.67. The van der Waals surface area contributed by atoms with Gasteiger partial charge in [0.15, 0.2) is 0 Å². The van der Waals surface area contributed by atoms with E-state index < -0.39 is 0 Å². The monoisotopic (exact) mass is 157 g/mol. The summed E-state index contributed by atoms with van der Waals surface area (Å²) in [6, 6.07) is 0. The molecule has 0 saturated heterocycles. The van der Waals surface area contributed by atoms with Crippen molar-refractivity contribution in [1.29, 1.82) is 0 Å². The van der Waals surface area contributed by atoms with Crippen molar-refractivity contribution in [2.45, 2.75) is 32.3 Å². The molecule has 66 valence electrons. The fourth-order valence-electron chi connectivity index (χ4n) is 0.719. The number of methoxy groups -OCH3 is 1. The number of ether oxygens (including phenoxy) is 1. The van der Waals surface area contributed by atoms with Crippen LogP contribution in [0.1, 0.15) is 26.7 Å². The Balaban J connectivity index is 3.85. The number of hydrogen-bond donors (Lipinski definition) is 1. The third-order valence-corrected chi connectivity index (χ3v) is 1.80. The Kier molecular flexibility index (Phi) is 5.16. The van der Waals surface area contributed by atoms with E-state index in [1.807, 2.05) is 13.0 Å². The van der Waals surface area contributed by atoms with E-state index in [1.54, 1.807) is 7.11 Å². The fourth-order valence-corrected chi connectivity index (χ4v) is 0.719. The molecule has 0 aromatic carbocycles. The molecule has 0 aliphatic rings. The molecule has 0 aliphatic heterocycles. The molecule has 0 radical (unpaired) electrons. The van der Waals surface area contributed by atoms with Crippen LogP contribution in [0.4, 0.5) is 0 Å². The first-order chi connectivity index (χ1) is 5.18. The molecule has 0 amide bonds. The van der Waals surface area contributed by atoms with E-state index in [0.717, 1.165) is 6.42 Å². The third-order valence-electron chi connectivity index (χ3n) is 1.80. The van der Waals surface area contributed by atoms with Crippen molar-refractivity contribution >= 4 is 0 Å². The fraction of sp³-hybridized carbons (Fsp3) is 0.778. The molecular weight excluding hydrogens is 138 g/mol. The van der Waals surface area contributed by atoms with Crippen LogP contribution in [0.5, 0.6) is 0 Å². The maximum Gasteiger partial charge on any atom is 0.0952 e. The van der Waals surface area contributed by atoms with Crippen LogP contribution in [0, 0.1) is 0 Å². The van der Waals surface area contributed by atoms with Crippen LogP contribution >= 0.6 is 0 Å². The lowest BCUT2D eigenvalue weighted by atomic mass is 10.1. The minimum Gasteiger partial charge on any atom is -0.373 e. The van der Waals surface area contributed by atoms with Gasteiger partial charge in [-0.05, 0) is 13.3 Å². The van der Waals surface area contributed by atoms with Crippen molar-refractivity contribution in [3.8, 4) is 0 Å². The van der Waals surface area contributed by atoms with Crippen LogP contribution in [0.25, 0.3) is 0 Å². The second-order valence-electron chi connectivity index (χ2n) is 2.91. The minimum atomic E-state index is -0.269. The predicted octanol–water partition coefficient (Wildman–Crippen LogP) is 1.71. The first-order valence-electron chi connectivity index (χ1n) is 4.11. The van der Waals surface area contributed by atoms with Gasteiger partial charge in [-0.15, -0.1) is 0 Å². The van der Waals surface area contributed by atoms with Gasteiger partial charge in [0.1, 0.15) is 0 Å². The van der Waals surface area contributed by atoms with Gasteiger partial charge in [-0.2, -0.15) is 0 Å². The van der Waals surface area contributed by atoms with Gasteiger partial charge in [-0.25, -0.2) is 0 Å².